The number of nitrogens with two attached hydrogens (primary N) is 1. The van der Waals surface area contributed by atoms with E-state index in [-0.39, 0.29) is 5.69 Å². The fourth-order valence-corrected chi connectivity index (χ4v) is 2.48. The van der Waals surface area contributed by atoms with E-state index in [1.807, 2.05) is 0 Å². The summed E-state index contributed by atoms with van der Waals surface area (Å²) in [5.41, 5.74) is 3.25. The number of halogens is 4. The Balaban J connectivity index is 2.50. The number of hydrogen-bond acceptors (Lipinski definition) is 4. The van der Waals surface area contributed by atoms with Crippen LogP contribution in [-0.2, 0) is 12.1 Å². The number of aromatic nitrogens is 2. The van der Waals surface area contributed by atoms with Gasteiger partial charge >= 0.3 is 5.82 Å². The van der Waals surface area contributed by atoms with Crippen molar-refractivity contribution in [3.63, 3.8) is 0 Å². The lowest BCUT2D eigenvalue weighted by molar-refractivity contribution is -0.389. The van der Waals surface area contributed by atoms with Crippen LogP contribution in [0.15, 0.2) is 28.7 Å². The van der Waals surface area contributed by atoms with Crippen molar-refractivity contribution in [1.82, 2.24) is 9.78 Å². The predicted molar refractivity (Wildman–Crippen MR) is 79.6 cm³/mol. The van der Waals surface area contributed by atoms with Gasteiger partial charge in [0.15, 0.2) is 0 Å². The molecule has 0 aliphatic rings. The lowest BCUT2D eigenvalue weighted by atomic mass is 9.90. The summed E-state index contributed by atoms with van der Waals surface area (Å²) < 4.78 is 42.5. The first-order valence-corrected chi connectivity index (χ1v) is 7.16. The van der Waals surface area contributed by atoms with Gasteiger partial charge in [0, 0.05) is 10.0 Å². The van der Waals surface area contributed by atoms with Crippen molar-refractivity contribution in [2.75, 3.05) is 0 Å². The minimum absolute atomic E-state index is 0.266. The van der Waals surface area contributed by atoms with E-state index in [0.717, 1.165) is 22.9 Å². The molecule has 0 spiro atoms. The van der Waals surface area contributed by atoms with Crippen molar-refractivity contribution >= 4 is 21.7 Å². The fraction of sp³-hybridized carbons (Fsp3) is 0.308. The molecule has 6 nitrogen and oxygen atoms in total. The van der Waals surface area contributed by atoms with Crippen molar-refractivity contribution in [2.45, 2.75) is 25.4 Å². The molecule has 0 aliphatic carbocycles. The summed E-state index contributed by atoms with van der Waals surface area (Å²) in [4.78, 5) is 9.97. The molecule has 1 atom stereocenters. The Morgan fingerprint density at radius 2 is 2.13 bits per heavy atom. The molecule has 1 heterocycles. The van der Waals surface area contributed by atoms with Crippen molar-refractivity contribution in [3.8, 4) is 0 Å². The molecule has 0 saturated carbocycles. The van der Waals surface area contributed by atoms with Gasteiger partial charge in [-0.1, -0.05) is 15.9 Å². The van der Waals surface area contributed by atoms with Gasteiger partial charge in [0.1, 0.15) is 11.4 Å². The van der Waals surface area contributed by atoms with Crippen LogP contribution in [0.1, 0.15) is 11.3 Å². The van der Waals surface area contributed by atoms with Crippen LogP contribution in [0.5, 0.6) is 0 Å². The molecule has 124 valence electrons. The molecule has 10 heteroatoms. The lowest BCUT2D eigenvalue weighted by Crippen LogP contribution is -2.48. The molecule has 2 rings (SSSR count). The third kappa shape index (κ3) is 3.37. The first kappa shape index (κ1) is 17.4. The van der Waals surface area contributed by atoms with Crippen LogP contribution in [0, 0.1) is 22.9 Å². The Kier molecular flexibility index (Phi) is 4.76. The van der Waals surface area contributed by atoms with E-state index in [9.17, 15) is 23.3 Å². The van der Waals surface area contributed by atoms with E-state index in [2.05, 4.69) is 21.0 Å². The number of hydrogen-bond donors (Lipinski definition) is 1. The van der Waals surface area contributed by atoms with Crippen LogP contribution in [0.2, 0.25) is 0 Å². The Hall–Kier alpha value is -1.94. The fourth-order valence-electron chi connectivity index (χ4n) is 2.12. The number of alkyl halides is 2. The molecule has 0 fully saturated rings. The first-order chi connectivity index (χ1) is 10.6. The second-order valence-electron chi connectivity index (χ2n) is 5.02. The number of aryl methyl sites for hydroxylation is 1. The molecule has 1 aromatic heterocycles. The first-order valence-electron chi connectivity index (χ1n) is 6.36. The van der Waals surface area contributed by atoms with Gasteiger partial charge in [0.05, 0.1) is 23.4 Å². The van der Waals surface area contributed by atoms with Crippen molar-refractivity contribution < 1.29 is 18.1 Å². The van der Waals surface area contributed by atoms with Gasteiger partial charge in [-0.25, -0.2) is 13.2 Å². The molecule has 0 aliphatic heterocycles. The smallest absolute Gasteiger partial charge is 0.358 e. The van der Waals surface area contributed by atoms with Gasteiger partial charge in [-0.15, -0.1) is 0 Å². The number of benzene rings is 1. The van der Waals surface area contributed by atoms with Crippen molar-refractivity contribution in [3.05, 3.63) is 55.9 Å². The quantitative estimate of drug-likeness (QED) is 0.625. The van der Waals surface area contributed by atoms with Crippen molar-refractivity contribution in [1.29, 1.82) is 0 Å². The maximum atomic E-state index is 14.0. The molecule has 2 N–H and O–H groups in total. The Bertz CT molecular complexity index is 753. The molecule has 0 saturated heterocycles. The van der Waals surface area contributed by atoms with E-state index < -0.39 is 40.6 Å². The lowest BCUT2D eigenvalue weighted by Gasteiger charge is -2.29. The summed E-state index contributed by atoms with van der Waals surface area (Å²) in [6, 6.07) is 4.66. The highest BCUT2D eigenvalue weighted by molar-refractivity contribution is 9.10. The average Bonchev–Trinajstić information content (AvgIpc) is 2.82. The largest absolute Gasteiger partial charge is 0.390 e. The van der Waals surface area contributed by atoms with Gasteiger partial charge in [0.25, 0.3) is 6.43 Å². The van der Waals surface area contributed by atoms with Crippen LogP contribution < -0.4 is 5.73 Å². The molecule has 23 heavy (non-hydrogen) atoms. The zero-order valence-electron chi connectivity index (χ0n) is 11.8. The molecule has 1 aromatic carbocycles. The van der Waals surface area contributed by atoms with Gasteiger partial charge in [0.2, 0.25) is 0 Å². The summed E-state index contributed by atoms with van der Waals surface area (Å²) in [5.74, 6) is -1.39. The summed E-state index contributed by atoms with van der Waals surface area (Å²) in [6.45, 7) is 0.848. The summed E-state index contributed by atoms with van der Waals surface area (Å²) >= 11 is 3.08. The Morgan fingerprint density at radius 3 is 2.65 bits per heavy atom. The monoisotopic (exact) mass is 392 g/mol. The predicted octanol–water partition coefficient (Wildman–Crippen LogP) is 3.12. The highest BCUT2D eigenvalue weighted by Crippen LogP contribution is 2.32. The minimum atomic E-state index is -3.12. The maximum absolute atomic E-state index is 14.0. The average molecular weight is 393 g/mol. The van der Waals surface area contributed by atoms with E-state index in [0.29, 0.717) is 4.47 Å². The van der Waals surface area contributed by atoms with Crippen LogP contribution in [-0.4, -0.2) is 21.1 Å². The Morgan fingerprint density at radius 1 is 1.48 bits per heavy atom. The zero-order valence-corrected chi connectivity index (χ0v) is 13.4. The summed E-state index contributed by atoms with van der Waals surface area (Å²) in [6.07, 6.45) is -3.12. The second kappa shape index (κ2) is 6.28. The SMILES string of the molecule is Cc1cc([N+](=O)[O-])nn1CC(N)(c1cc(Br)ccc1F)C(F)F. The highest BCUT2D eigenvalue weighted by atomic mass is 79.9. The van der Waals surface area contributed by atoms with E-state index >= 15 is 0 Å². The Labute approximate surface area is 137 Å². The number of rotatable bonds is 5. The third-order valence-corrected chi connectivity index (χ3v) is 3.88. The van der Waals surface area contributed by atoms with Crippen LogP contribution >= 0.6 is 15.9 Å². The van der Waals surface area contributed by atoms with Gasteiger partial charge in [-0.05, 0) is 30.0 Å². The molecule has 0 bridgehead atoms. The molecule has 2 aromatic rings. The van der Waals surface area contributed by atoms with Crippen LogP contribution in [0.25, 0.3) is 0 Å². The zero-order chi connectivity index (χ0) is 17.4. The maximum Gasteiger partial charge on any atom is 0.390 e. The molecular weight excluding hydrogens is 381 g/mol. The number of nitrogens with zero attached hydrogens (tertiary/aromatic N) is 3. The van der Waals surface area contributed by atoms with Crippen molar-refractivity contribution in [2.24, 2.45) is 5.73 Å². The molecule has 1 unspecified atom stereocenters. The van der Waals surface area contributed by atoms with E-state index in [1.54, 1.807) is 0 Å². The van der Waals surface area contributed by atoms with E-state index in [4.69, 9.17) is 5.73 Å². The third-order valence-electron chi connectivity index (χ3n) is 3.39. The van der Waals surface area contributed by atoms with Crippen LogP contribution in [0.4, 0.5) is 19.0 Å². The highest BCUT2D eigenvalue weighted by Gasteiger charge is 2.42. The standard InChI is InChI=1S/C13H12BrF3N4O2/c1-7-4-11(21(22)23)19-20(7)6-13(18,12(16)17)9-5-8(14)2-3-10(9)15/h2-5,12H,6,18H2,1H3. The second-order valence-corrected chi connectivity index (χ2v) is 5.94. The normalized spacial score (nSPS) is 14.0. The minimum Gasteiger partial charge on any atom is -0.358 e. The topological polar surface area (TPSA) is 87.0 Å². The van der Waals surface area contributed by atoms with Crippen LogP contribution in [0.3, 0.4) is 0 Å². The van der Waals surface area contributed by atoms with Gasteiger partial charge in [-0.2, -0.15) is 4.68 Å². The van der Waals surface area contributed by atoms with Gasteiger partial charge in [-0.3, -0.25) is 0 Å². The molecular formula is C13H12BrF3N4O2. The summed E-state index contributed by atoms with van der Waals surface area (Å²) in [5, 5.41) is 14.3. The molecule has 0 radical (unpaired) electrons. The number of nitro groups is 1. The van der Waals surface area contributed by atoms with Gasteiger partial charge < -0.3 is 15.8 Å². The summed E-state index contributed by atoms with van der Waals surface area (Å²) in [7, 11) is 0. The molecule has 0 amide bonds. The van der Waals surface area contributed by atoms with E-state index in [1.165, 1.54) is 13.0 Å².